The first-order valence-corrected chi connectivity index (χ1v) is 6.18. The monoisotopic (exact) mass is 243 g/mol. The molecule has 0 N–H and O–H groups in total. The van der Waals surface area contributed by atoms with E-state index in [4.69, 9.17) is 0 Å². The Morgan fingerprint density at radius 3 is 2.39 bits per heavy atom. The second kappa shape index (κ2) is 5.17. The van der Waals surface area contributed by atoms with E-state index in [1.807, 2.05) is 18.2 Å². The van der Waals surface area contributed by atoms with Gasteiger partial charge in [-0.2, -0.15) is 0 Å². The fourth-order valence-electron chi connectivity index (χ4n) is 2.12. The summed E-state index contributed by atoms with van der Waals surface area (Å²) in [6, 6.07) is 10.1. The molecule has 1 heterocycles. The quantitative estimate of drug-likeness (QED) is 0.762. The normalized spacial score (nSPS) is 17.0. The zero-order chi connectivity index (χ0) is 13.1. The van der Waals surface area contributed by atoms with Crippen LogP contribution in [0.5, 0.6) is 0 Å². The van der Waals surface area contributed by atoms with E-state index in [-0.39, 0.29) is 11.8 Å². The fourth-order valence-corrected chi connectivity index (χ4v) is 2.12. The van der Waals surface area contributed by atoms with Crippen molar-refractivity contribution in [3.8, 4) is 0 Å². The number of carbonyl (C=O) groups is 2. The molecule has 0 fully saturated rings. The Labute approximate surface area is 107 Å². The Morgan fingerprint density at radius 1 is 1.17 bits per heavy atom. The molecule has 0 saturated carbocycles. The summed E-state index contributed by atoms with van der Waals surface area (Å²) in [6.45, 7) is 4.28. The van der Waals surface area contributed by atoms with Crippen molar-refractivity contribution >= 4 is 11.8 Å². The van der Waals surface area contributed by atoms with Gasteiger partial charge in [0.1, 0.15) is 0 Å². The molecule has 18 heavy (non-hydrogen) atoms. The molecule has 2 amide bonds. The maximum Gasteiger partial charge on any atom is 0.256 e. The molecule has 94 valence electrons. The summed E-state index contributed by atoms with van der Waals surface area (Å²) in [5.41, 5.74) is 1.77. The predicted molar refractivity (Wildman–Crippen MR) is 70.0 cm³/mol. The van der Waals surface area contributed by atoms with Crippen molar-refractivity contribution in [2.75, 3.05) is 6.54 Å². The molecule has 1 unspecified atom stereocenters. The van der Waals surface area contributed by atoms with Gasteiger partial charge in [-0.3, -0.25) is 14.5 Å². The minimum atomic E-state index is -0.183. The Hall–Kier alpha value is -1.90. The molecule has 3 nitrogen and oxygen atoms in total. The van der Waals surface area contributed by atoms with Crippen molar-refractivity contribution in [1.82, 2.24) is 4.90 Å². The smallest absolute Gasteiger partial charge is 0.256 e. The highest BCUT2D eigenvalue weighted by molar-refractivity contribution is 6.15. The molecule has 2 rings (SSSR count). The van der Waals surface area contributed by atoms with Gasteiger partial charge < -0.3 is 0 Å². The summed E-state index contributed by atoms with van der Waals surface area (Å²) in [7, 11) is 0. The lowest BCUT2D eigenvalue weighted by Gasteiger charge is -2.18. The van der Waals surface area contributed by atoms with Crippen LogP contribution < -0.4 is 0 Å². The first-order valence-electron chi connectivity index (χ1n) is 6.18. The number of carbonyl (C=O) groups excluding carboxylic acids is 2. The highest BCUT2D eigenvalue weighted by atomic mass is 16.2. The summed E-state index contributed by atoms with van der Waals surface area (Å²) < 4.78 is 0. The van der Waals surface area contributed by atoms with E-state index in [0.29, 0.717) is 18.0 Å². The highest BCUT2D eigenvalue weighted by Crippen LogP contribution is 2.20. The van der Waals surface area contributed by atoms with Gasteiger partial charge in [-0.25, -0.2) is 0 Å². The lowest BCUT2D eigenvalue weighted by Crippen LogP contribution is -2.32. The third-order valence-corrected chi connectivity index (χ3v) is 3.34. The van der Waals surface area contributed by atoms with E-state index in [0.717, 1.165) is 6.42 Å². The topological polar surface area (TPSA) is 37.4 Å². The second-order valence-electron chi connectivity index (χ2n) is 4.72. The number of benzene rings is 1. The molecule has 0 bridgehead atoms. The van der Waals surface area contributed by atoms with E-state index < -0.39 is 0 Å². The molecule has 1 aromatic carbocycles. The summed E-state index contributed by atoms with van der Waals surface area (Å²) in [5, 5.41) is 0. The maximum absolute atomic E-state index is 11.7. The third kappa shape index (κ3) is 2.50. The molecule has 1 aliphatic rings. The molecular weight excluding hydrogens is 226 g/mol. The highest BCUT2D eigenvalue weighted by Gasteiger charge is 2.28. The lowest BCUT2D eigenvalue weighted by molar-refractivity contribution is -0.137. The fraction of sp³-hybridized carbons (Fsp3) is 0.333. The van der Waals surface area contributed by atoms with Crippen molar-refractivity contribution in [3.63, 3.8) is 0 Å². The van der Waals surface area contributed by atoms with Gasteiger partial charge in [-0.1, -0.05) is 37.3 Å². The number of hydrogen-bond donors (Lipinski definition) is 0. The van der Waals surface area contributed by atoms with Crippen molar-refractivity contribution in [3.05, 3.63) is 47.5 Å². The predicted octanol–water partition coefficient (Wildman–Crippen LogP) is 2.50. The number of amides is 2. The van der Waals surface area contributed by atoms with E-state index in [9.17, 15) is 9.59 Å². The first-order chi connectivity index (χ1) is 8.59. The molecule has 0 aliphatic carbocycles. The third-order valence-electron chi connectivity index (χ3n) is 3.34. The van der Waals surface area contributed by atoms with Gasteiger partial charge in [0.2, 0.25) is 0 Å². The van der Waals surface area contributed by atoms with Gasteiger partial charge in [-0.15, -0.1) is 0 Å². The molecule has 3 heteroatoms. The largest absolute Gasteiger partial charge is 0.275 e. The molecule has 0 radical (unpaired) electrons. The molecule has 1 atom stereocenters. The van der Waals surface area contributed by atoms with E-state index in [1.165, 1.54) is 16.5 Å². The SMILES string of the molecule is CC1=CC(=O)N(CCC(C)c2ccccc2)C1=O. The Kier molecular flexibility index (Phi) is 3.60. The van der Waals surface area contributed by atoms with Crippen LogP contribution in [0.15, 0.2) is 42.0 Å². The van der Waals surface area contributed by atoms with Gasteiger partial charge in [0.25, 0.3) is 11.8 Å². The standard InChI is InChI=1S/C15H17NO2/c1-11(13-6-4-3-5-7-13)8-9-16-14(17)10-12(2)15(16)18/h3-7,10-11H,8-9H2,1-2H3. The van der Waals surface area contributed by atoms with Crippen LogP contribution >= 0.6 is 0 Å². The molecular formula is C15H17NO2. The Morgan fingerprint density at radius 2 is 1.83 bits per heavy atom. The molecule has 0 aromatic heterocycles. The van der Waals surface area contributed by atoms with Gasteiger partial charge in [0.05, 0.1) is 0 Å². The minimum Gasteiger partial charge on any atom is -0.275 e. The Balaban J connectivity index is 1.93. The number of imide groups is 1. The minimum absolute atomic E-state index is 0.153. The van der Waals surface area contributed by atoms with Crippen molar-refractivity contribution < 1.29 is 9.59 Å². The zero-order valence-corrected chi connectivity index (χ0v) is 10.7. The van der Waals surface area contributed by atoms with Crippen LogP contribution in [0, 0.1) is 0 Å². The van der Waals surface area contributed by atoms with Crippen LogP contribution in [0.2, 0.25) is 0 Å². The van der Waals surface area contributed by atoms with E-state index in [2.05, 4.69) is 19.1 Å². The zero-order valence-electron chi connectivity index (χ0n) is 10.7. The Bertz CT molecular complexity index is 490. The van der Waals surface area contributed by atoms with Crippen LogP contribution in [0.25, 0.3) is 0 Å². The number of nitrogens with zero attached hydrogens (tertiary/aromatic N) is 1. The van der Waals surface area contributed by atoms with Crippen LogP contribution in [0.1, 0.15) is 31.7 Å². The van der Waals surface area contributed by atoms with Crippen LogP contribution in [0.3, 0.4) is 0 Å². The van der Waals surface area contributed by atoms with Crippen LogP contribution in [0.4, 0.5) is 0 Å². The van der Waals surface area contributed by atoms with Gasteiger partial charge >= 0.3 is 0 Å². The van der Waals surface area contributed by atoms with Crippen LogP contribution in [-0.2, 0) is 9.59 Å². The summed E-state index contributed by atoms with van der Waals surface area (Å²) in [5.74, 6) is 0.00531. The van der Waals surface area contributed by atoms with E-state index in [1.54, 1.807) is 6.92 Å². The van der Waals surface area contributed by atoms with Crippen molar-refractivity contribution in [1.29, 1.82) is 0 Å². The average Bonchev–Trinajstić information content (AvgIpc) is 2.62. The summed E-state index contributed by atoms with van der Waals surface area (Å²) in [6.07, 6.45) is 2.21. The summed E-state index contributed by atoms with van der Waals surface area (Å²) >= 11 is 0. The van der Waals surface area contributed by atoms with E-state index >= 15 is 0 Å². The van der Waals surface area contributed by atoms with Crippen LogP contribution in [-0.4, -0.2) is 23.3 Å². The first kappa shape index (κ1) is 12.6. The molecule has 0 saturated heterocycles. The molecule has 1 aromatic rings. The molecule has 1 aliphatic heterocycles. The average molecular weight is 243 g/mol. The number of rotatable bonds is 4. The maximum atomic E-state index is 11.7. The number of hydrogen-bond acceptors (Lipinski definition) is 2. The summed E-state index contributed by atoms with van der Waals surface area (Å²) in [4.78, 5) is 24.6. The second-order valence-corrected chi connectivity index (χ2v) is 4.72. The lowest BCUT2D eigenvalue weighted by atomic mass is 9.98. The van der Waals surface area contributed by atoms with Crippen molar-refractivity contribution in [2.24, 2.45) is 0 Å². The van der Waals surface area contributed by atoms with Gasteiger partial charge in [0.15, 0.2) is 0 Å². The van der Waals surface area contributed by atoms with Gasteiger partial charge in [0, 0.05) is 18.2 Å². The van der Waals surface area contributed by atoms with Crippen molar-refractivity contribution in [2.45, 2.75) is 26.2 Å². The molecule has 0 spiro atoms. The van der Waals surface area contributed by atoms with Gasteiger partial charge in [-0.05, 0) is 24.8 Å².